The molecule has 4 aromatic rings. The highest BCUT2D eigenvalue weighted by molar-refractivity contribution is 6.14. The van der Waals surface area contributed by atoms with Gasteiger partial charge in [-0.25, -0.2) is 9.78 Å². The minimum absolute atomic E-state index is 0.281. The maximum Gasteiger partial charge on any atom is 0.339 e. The first kappa shape index (κ1) is 18.4. The van der Waals surface area contributed by atoms with Crippen molar-refractivity contribution >= 4 is 28.5 Å². The van der Waals surface area contributed by atoms with Crippen molar-refractivity contribution in [1.82, 2.24) is 4.98 Å². The Morgan fingerprint density at radius 1 is 0.966 bits per heavy atom. The number of ether oxygens (including phenoxy) is 1. The quantitative estimate of drug-likeness (QED) is 0.508. The Labute approximate surface area is 167 Å². The van der Waals surface area contributed by atoms with Crippen LogP contribution < -0.4 is 5.32 Å². The van der Waals surface area contributed by atoms with E-state index in [0.717, 1.165) is 5.76 Å². The van der Waals surface area contributed by atoms with Crippen molar-refractivity contribution in [3.8, 4) is 11.5 Å². The van der Waals surface area contributed by atoms with Gasteiger partial charge in [-0.15, -0.1) is 0 Å². The van der Waals surface area contributed by atoms with Crippen LogP contribution in [0, 0.1) is 6.92 Å². The molecule has 0 aliphatic carbocycles. The number of aryl methyl sites for hydroxylation is 1. The third kappa shape index (κ3) is 3.60. The van der Waals surface area contributed by atoms with Gasteiger partial charge in [0.15, 0.2) is 5.76 Å². The number of carbonyl (C=O) groups excluding carboxylic acids is 2. The van der Waals surface area contributed by atoms with E-state index >= 15 is 0 Å². The highest BCUT2D eigenvalue weighted by Gasteiger charge is 2.18. The minimum Gasteiger partial charge on any atom is -0.465 e. The van der Waals surface area contributed by atoms with E-state index in [-0.39, 0.29) is 11.5 Å². The van der Waals surface area contributed by atoms with Crippen molar-refractivity contribution in [2.24, 2.45) is 0 Å². The van der Waals surface area contributed by atoms with E-state index < -0.39 is 5.97 Å². The van der Waals surface area contributed by atoms with E-state index in [9.17, 15) is 9.59 Å². The van der Waals surface area contributed by atoms with Gasteiger partial charge in [-0.3, -0.25) is 4.79 Å². The highest BCUT2D eigenvalue weighted by Crippen LogP contribution is 2.27. The van der Waals surface area contributed by atoms with Crippen molar-refractivity contribution in [3.63, 3.8) is 0 Å². The number of fused-ring (bicyclic) bond motifs is 1. The van der Waals surface area contributed by atoms with E-state index in [1.165, 1.54) is 7.11 Å². The Kier molecular flexibility index (Phi) is 4.83. The SMILES string of the molecule is COC(=O)c1ccccc1NC(=O)c1cc(-c2ccc(C)o2)nc2ccccc12. The molecule has 0 atom stereocenters. The molecule has 2 aromatic heterocycles. The van der Waals surface area contributed by atoms with Crippen LogP contribution in [0.5, 0.6) is 0 Å². The molecule has 0 aliphatic rings. The second kappa shape index (κ2) is 7.59. The molecule has 0 saturated heterocycles. The Hall–Kier alpha value is -3.93. The maximum atomic E-state index is 13.2. The second-order valence-electron chi connectivity index (χ2n) is 6.47. The second-order valence-corrected chi connectivity index (χ2v) is 6.47. The number of furan rings is 1. The van der Waals surface area contributed by atoms with Crippen LogP contribution in [0.4, 0.5) is 5.69 Å². The molecule has 2 aromatic carbocycles. The van der Waals surface area contributed by atoms with Crippen molar-refractivity contribution in [1.29, 1.82) is 0 Å². The van der Waals surface area contributed by atoms with E-state index in [4.69, 9.17) is 9.15 Å². The number of rotatable bonds is 4. The number of nitrogens with one attached hydrogen (secondary N) is 1. The standard InChI is InChI=1S/C23H18N2O4/c1-14-11-12-21(29-14)20-13-17(15-7-3-5-9-18(15)24-20)22(26)25-19-10-6-4-8-16(19)23(27)28-2/h3-13H,1-2H3,(H,25,26). The van der Waals surface area contributed by atoms with Crippen LogP contribution in [0.1, 0.15) is 26.5 Å². The summed E-state index contributed by atoms with van der Waals surface area (Å²) in [6.07, 6.45) is 0. The third-order valence-electron chi connectivity index (χ3n) is 4.53. The summed E-state index contributed by atoms with van der Waals surface area (Å²) in [5.41, 5.74) is 2.32. The number of carbonyl (C=O) groups is 2. The summed E-state index contributed by atoms with van der Waals surface area (Å²) >= 11 is 0. The van der Waals surface area contributed by atoms with Crippen LogP contribution in [-0.2, 0) is 4.74 Å². The molecular weight excluding hydrogens is 368 g/mol. The summed E-state index contributed by atoms with van der Waals surface area (Å²) in [5, 5.41) is 3.52. The van der Waals surface area contributed by atoms with Crippen molar-refractivity contribution in [2.45, 2.75) is 6.92 Å². The number of esters is 1. The molecule has 29 heavy (non-hydrogen) atoms. The lowest BCUT2D eigenvalue weighted by Gasteiger charge is -2.12. The van der Waals surface area contributed by atoms with Crippen molar-refractivity contribution < 1.29 is 18.7 Å². The summed E-state index contributed by atoms with van der Waals surface area (Å²) in [6.45, 7) is 1.85. The molecule has 0 saturated carbocycles. The Morgan fingerprint density at radius 2 is 1.72 bits per heavy atom. The number of methoxy groups -OCH3 is 1. The summed E-state index contributed by atoms with van der Waals surface area (Å²) < 4.78 is 10.5. The fourth-order valence-electron chi connectivity index (χ4n) is 3.13. The fourth-order valence-corrected chi connectivity index (χ4v) is 3.13. The zero-order valence-corrected chi connectivity index (χ0v) is 15.9. The molecule has 0 unspecified atom stereocenters. The first-order valence-corrected chi connectivity index (χ1v) is 9.02. The van der Waals surface area contributed by atoms with E-state index in [1.54, 1.807) is 30.3 Å². The fraction of sp³-hybridized carbons (Fsp3) is 0.0870. The lowest BCUT2D eigenvalue weighted by Crippen LogP contribution is -2.16. The number of pyridine rings is 1. The van der Waals surface area contributed by atoms with Crippen LogP contribution >= 0.6 is 0 Å². The molecule has 0 bridgehead atoms. The van der Waals surface area contributed by atoms with Gasteiger partial charge in [-0.1, -0.05) is 30.3 Å². The number of nitrogens with zero attached hydrogens (tertiary/aromatic N) is 1. The predicted molar refractivity (Wildman–Crippen MR) is 110 cm³/mol. The molecular formula is C23H18N2O4. The lowest BCUT2D eigenvalue weighted by atomic mass is 10.1. The average Bonchev–Trinajstić information content (AvgIpc) is 3.19. The molecule has 2 heterocycles. The molecule has 0 aliphatic heterocycles. The van der Waals surface area contributed by atoms with Crippen LogP contribution in [0.3, 0.4) is 0 Å². The summed E-state index contributed by atoms with van der Waals surface area (Å²) in [7, 11) is 1.30. The zero-order chi connectivity index (χ0) is 20.4. The van der Waals surface area contributed by atoms with Crippen LogP contribution in [0.25, 0.3) is 22.4 Å². The molecule has 144 valence electrons. The first-order chi connectivity index (χ1) is 14.1. The van der Waals surface area contributed by atoms with E-state index in [2.05, 4.69) is 10.3 Å². The van der Waals surface area contributed by atoms with Gasteiger partial charge < -0.3 is 14.5 Å². The molecule has 0 radical (unpaired) electrons. The van der Waals surface area contributed by atoms with Gasteiger partial charge in [-0.2, -0.15) is 0 Å². The summed E-state index contributed by atoms with van der Waals surface area (Å²) in [5.74, 6) is 0.460. The van der Waals surface area contributed by atoms with Gasteiger partial charge in [0.25, 0.3) is 5.91 Å². The zero-order valence-electron chi connectivity index (χ0n) is 15.9. The Bertz CT molecular complexity index is 1230. The number of para-hydroxylation sites is 2. The van der Waals surface area contributed by atoms with Crippen LogP contribution in [-0.4, -0.2) is 24.0 Å². The third-order valence-corrected chi connectivity index (χ3v) is 4.53. The molecule has 6 heteroatoms. The van der Waals surface area contributed by atoms with Crippen LogP contribution in [0.2, 0.25) is 0 Å². The van der Waals surface area contributed by atoms with Crippen LogP contribution in [0.15, 0.2) is 71.1 Å². The number of aromatic nitrogens is 1. The molecule has 4 rings (SSSR count). The maximum absolute atomic E-state index is 13.2. The summed E-state index contributed by atoms with van der Waals surface area (Å²) in [4.78, 5) is 29.8. The van der Waals surface area contributed by atoms with Crippen molar-refractivity contribution in [3.05, 3.63) is 83.6 Å². The monoisotopic (exact) mass is 386 g/mol. The minimum atomic E-state index is -0.521. The number of hydrogen-bond acceptors (Lipinski definition) is 5. The topological polar surface area (TPSA) is 81.4 Å². The van der Waals surface area contributed by atoms with Gasteiger partial charge in [0.2, 0.25) is 0 Å². The largest absolute Gasteiger partial charge is 0.465 e. The molecule has 0 fully saturated rings. The lowest BCUT2D eigenvalue weighted by molar-refractivity contribution is 0.0602. The first-order valence-electron chi connectivity index (χ1n) is 9.02. The molecule has 0 spiro atoms. The van der Waals surface area contributed by atoms with Gasteiger partial charge >= 0.3 is 5.97 Å². The predicted octanol–water partition coefficient (Wildman–Crippen LogP) is 4.84. The van der Waals surface area contributed by atoms with E-state index in [0.29, 0.717) is 33.6 Å². The number of amides is 1. The molecule has 1 N–H and O–H groups in total. The van der Waals surface area contributed by atoms with Gasteiger partial charge in [-0.05, 0) is 43.3 Å². The number of anilines is 1. The van der Waals surface area contributed by atoms with Gasteiger partial charge in [0.1, 0.15) is 11.5 Å². The Morgan fingerprint density at radius 3 is 2.48 bits per heavy atom. The summed E-state index contributed by atoms with van der Waals surface area (Å²) in [6, 6.07) is 19.4. The number of benzene rings is 2. The van der Waals surface area contributed by atoms with E-state index in [1.807, 2.05) is 43.3 Å². The Balaban J connectivity index is 1.79. The highest BCUT2D eigenvalue weighted by atomic mass is 16.5. The molecule has 1 amide bonds. The van der Waals surface area contributed by atoms with Crippen molar-refractivity contribution in [2.75, 3.05) is 12.4 Å². The van der Waals surface area contributed by atoms with Gasteiger partial charge in [0.05, 0.1) is 29.4 Å². The molecule has 6 nitrogen and oxygen atoms in total. The van der Waals surface area contributed by atoms with Gasteiger partial charge in [0, 0.05) is 5.39 Å². The smallest absolute Gasteiger partial charge is 0.339 e. The normalized spacial score (nSPS) is 10.7. The number of hydrogen-bond donors (Lipinski definition) is 1. The average molecular weight is 386 g/mol.